The van der Waals surface area contributed by atoms with Gasteiger partial charge in [0.1, 0.15) is 12.4 Å². The molecule has 1 saturated heterocycles. The number of hydrogen-bond acceptors (Lipinski definition) is 4. The number of halogens is 1. The van der Waals surface area contributed by atoms with E-state index in [1.165, 1.54) is 0 Å². The molecule has 1 fully saturated rings. The average molecular weight is 286 g/mol. The Hall–Kier alpha value is -1.46. The molecule has 1 aromatic rings. The molecule has 0 radical (unpaired) electrons. The lowest BCUT2D eigenvalue weighted by molar-refractivity contribution is 0.102. The first kappa shape index (κ1) is 14.0. The number of benzene rings is 1. The van der Waals surface area contributed by atoms with Crippen molar-refractivity contribution in [1.82, 2.24) is 4.90 Å². The molecule has 1 unspecified atom stereocenters. The first-order valence-corrected chi connectivity index (χ1v) is 6.51. The zero-order valence-electron chi connectivity index (χ0n) is 10.4. The molecule has 1 N–H and O–H groups in total. The van der Waals surface area contributed by atoms with Gasteiger partial charge in [-0.1, -0.05) is 17.7 Å². The van der Waals surface area contributed by atoms with Crippen LogP contribution >= 0.6 is 11.6 Å². The topological polar surface area (TPSA) is 59.0 Å². The lowest BCUT2D eigenvalue weighted by Gasteiger charge is -2.12. The Morgan fingerprint density at radius 1 is 1.53 bits per heavy atom. The second-order valence-electron chi connectivity index (χ2n) is 4.30. The normalized spacial score (nSPS) is 18.5. The molecule has 5 nitrogen and oxygen atoms in total. The molecule has 0 aromatic heterocycles. The van der Waals surface area contributed by atoms with Gasteiger partial charge in [0.15, 0.2) is 6.10 Å². The maximum atomic E-state index is 11.5. The van der Waals surface area contributed by atoms with E-state index >= 15 is 0 Å². The number of amides is 1. The van der Waals surface area contributed by atoms with Crippen LogP contribution in [0.15, 0.2) is 24.3 Å². The van der Waals surface area contributed by atoms with E-state index in [1.54, 1.807) is 29.2 Å². The van der Waals surface area contributed by atoms with Crippen molar-refractivity contribution in [3.8, 4) is 5.75 Å². The molecule has 6 heteroatoms. The molecular formula is C13H16ClNO4. The van der Waals surface area contributed by atoms with Crippen LogP contribution in [-0.2, 0) is 4.74 Å². The van der Waals surface area contributed by atoms with Gasteiger partial charge < -0.3 is 19.5 Å². The van der Waals surface area contributed by atoms with Gasteiger partial charge in [-0.05, 0) is 24.6 Å². The summed E-state index contributed by atoms with van der Waals surface area (Å²) >= 11 is 5.85. The fraction of sp³-hybridized carbons (Fsp3) is 0.462. The SMILES string of the molecule is O=C1OC(COc2cccc(Cl)c2)CN1CCCO. The molecule has 0 bridgehead atoms. The Balaban J connectivity index is 1.80. The van der Waals surface area contributed by atoms with E-state index in [0.29, 0.717) is 36.9 Å². The van der Waals surface area contributed by atoms with Crippen molar-refractivity contribution in [3.63, 3.8) is 0 Å². The summed E-state index contributed by atoms with van der Waals surface area (Å²) < 4.78 is 10.7. The lowest BCUT2D eigenvalue weighted by Crippen LogP contribution is -2.28. The minimum absolute atomic E-state index is 0.0630. The number of aliphatic hydroxyl groups excluding tert-OH is 1. The zero-order chi connectivity index (χ0) is 13.7. The second-order valence-corrected chi connectivity index (χ2v) is 4.73. The van der Waals surface area contributed by atoms with Crippen molar-refractivity contribution >= 4 is 17.7 Å². The van der Waals surface area contributed by atoms with Crippen LogP contribution in [0.25, 0.3) is 0 Å². The Bertz CT molecular complexity index is 440. The fourth-order valence-corrected chi connectivity index (χ4v) is 2.03. The van der Waals surface area contributed by atoms with Crippen molar-refractivity contribution < 1.29 is 19.4 Å². The molecule has 1 atom stereocenters. The molecule has 0 aliphatic carbocycles. The predicted octanol–water partition coefficient (Wildman–Crippen LogP) is 1.92. The second kappa shape index (κ2) is 6.63. The van der Waals surface area contributed by atoms with E-state index in [0.717, 1.165) is 0 Å². The van der Waals surface area contributed by atoms with Gasteiger partial charge in [0.2, 0.25) is 0 Å². The van der Waals surface area contributed by atoms with Crippen molar-refractivity contribution in [2.75, 3.05) is 26.3 Å². The van der Waals surface area contributed by atoms with Crippen LogP contribution in [0.2, 0.25) is 5.02 Å². The summed E-state index contributed by atoms with van der Waals surface area (Å²) in [4.78, 5) is 13.1. The first-order valence-electron chi connectivity index (χ1n) is 6.14. The number of aliphatic hydroxyl groups is 1. The molecule has 1 amide bonds. The number of rotatable bonds is 6. The number of carbonyl (C=O) groups is 1. The highest BCUT2D eigenvalue weighted by molar-refractivity contribution is 6.30. The molecular weight excluding hydrogens is 270 g/mol. The molecule has 0 spiro atoms. The predicted molar refractivity (Wildman–Crippen MR) is 70.5 cm³/mol. The monoisotopic (exact) mass is 285 g/mol. The summed E-state index contributed by atoms with van der Waals surface area (Å²) in [5.41, 5.74) is 0. The van der Waals surface area contributed by atoms with Gasteiger partial charge in [0.05, 0.1) is 6.54 Å². The summed E-state index contributed by atoms with van der Waals surface area (Å²) in [6, 6.07) is 7.07. The van der Waals surface area contributed by atoms with Crippen LogP contribution < -0.4 is 4.74 Å². The molecule has 104 valence electrons. The van der Waals surface area contributed by atoms with E-state index in [4.69, 9.17) is 26.2 Å². The largest absolute Gasteiger partial charge is 0.490 e. The van der Waals surface area contributed by atoms with E-state index in [1.807, 2.05) is 0 Å². The number of cyclic esters (lactones) is 1. The quantitative estimate of drug-likeness (QED) is 0.867. The molecule has 19 heavy (non-hydrogen) atoms. The maximum Gasteiger partial charge on any atom is 0.410 e. The average Bonchev–Trinajstić information content (AvgIpc) is 2.75. The first-order chi connectivity index (χ1) is 9.19. The number of nitrogens with zero attached hydrogens (tertiary/aromatic N) is 1. The minimum Gasteiger partial charge on any atom is -0.490 e. The van der Waals surface area contributed by atoms with Crippen molar-refractivity contribution in [2.45, 2.75) is 12.5 Å². The Labute approximate surface area is 116 Å². The van der Waals surface area contributed by atoms with Gasteiger partial charge in [0.25, 0.3) is 0 Å². The molecule has 1 aliphatic heterocycles. The summed E-state index contributed by atoms with van der Waals surface area (Å²) in [6.45, 7) is 1.34. The smallest absolute Gasteiger partial charge is 0.410 e. The molecule has 1 heterocycles. The van der Waals surface area contributed by atoms with Gasteiger partial charge in [-0.2, -0.15) is 0 Å². The van der Waals surface area contributed by atoms with E-state index in [9.17, 15) is 4.79 Å². The van der Waals surface area contributed by atoms with Crippen LogP contribution in [0.4, 0.5) is 4.79 Å². The van der Waals surface area contributed by atoms with Crippen molar-refractivity contribution in [3.05, 3.63) is 29.3 Å². The molecule has 1 aromatic carbocycles. The van der Waals surface area contributed by atoms with Gasteiger partial charge >= 0.3 is 6.09 Å². The van der Waals surface area contributed by atoms with Crippen LogP contribution in [0.3, 0.4) is 0 Å². The van der Waals surface area contributed by atoms with E-state index in [2.05, 4.69) is 0 Å². The maximum absolute atomic E-state index is 11.5. The summed E-state index contributed by atoms with van der Waals surface area (Å²) in [7, 11) is 0. The van der Waals surface area contributed by atoms with E-state index in [-0.39, 0.29) is 18.8 Å². The van der Waals surface area contributed by atoms with Gasteiger partial charge in [-0.15, -0.1) is 0 Å². The third kappa shape index (κ3) is 4.01. The zero-order valence-corrected chi connectivity index (χ0v) is 11.2. The number of carbonyl (C=O) groups excluding carboxylic acids is 1. The molecule has 1 aliphatic rings. The third-order valence-electron chi connectivity index (χ3n) is 2.77. The minimum atomic E-state index is -0.354. The number of ether oxygens (including phenoxy) is 2. The van der Waals surface area contributed by atoms with Gasteiger partial charge in [-0.25, -0.2) is 4.79 Å². The summed E-state index contributed by atoms with van der Waals surface area (Å²) in [6.07, 6.45) is -0.0879. The number of hydrogen-bond donors (Lipinski definition) is 1. The Kier molecular flexibility index (Phi) is 4.87. The highest BCUT2D eigenvalue weighted by Gasteiger charge is 2.31. The third-order valence-corrected chi connectivity index (χ3v) is 3.00. The standard InChI is InChI=1S/C13H16ClNO4/c14-10-3-1-4-11(7-10)18-9-12-8-15(5-2-6-16)13(17)19-12/h1,3-4,7,12,16H,2,5-6,8-9H2. The van der Waals surface area contributed by atoms with Crippen LogP contribution in [0.1, 0.15) is 6.42 Å². The Morgan fingerprint density at radius 2 is 2.37 bits per heavy atom. The van der Waals surface area contributed by atoms with Gasteiger partial charge in [0, 0.05) is 18.2 Å². The van der Waals surface area contributed by atoms with Crippen LogP contribution in [0.5, 0.6) is 5.75 Å². The van der Waals surface area contributed by atoms with Crippen molar-refractivity contribution in [2.24, 2.45) is 0 Å². The highest BCUT2D eigenvalue weighted by atomic mass is 35.5. The van der Waals surface area contributed by atoms with Gasteiger partial charge in [-0.3, -0.25) is 0 Å². The molecule has 0 saturated carbocycles. The summed E-state index contributed by atoms with van der Waals surface area (Å²) in [5, 5.41) is 9.34. The molecule has 2 rings (SSSR count). The fourth-order valence-electron chi connectivity index (χ4n) is 1.85. The Morgan fingerprint density at radius 3 is 3.11 bits per heavy atom. The van der Waals surface area contributed by atoms with Crippen molar-refractivity contribution in [1.29, 1.82) is 0 Å². The highest BCUT2D eigenvalue weighted by Crippen LogP contribution is 2.19. The van der Waals surface area contributed by atoms with E-state index < -0.39 is 0 Å². The lowest BCUT2D eigenvalue weighted by atomic mass is 10.3. The summed E-state index contributed by atoms with van der Waals surface area (Å²) in [5.74, 6) is 0.650. The van der Waals surface area contributed by atoms with Crippen LogP contribution in [-0.4, -0.2) is 48.5 Å². The van der Waals surface area contributed by atoms with Crippen LogP contribution in [0, 0.1) is 0 Å².